The Morgan fingerprint density at radius 1 is 0.750 bits per heavy atom. The Labute approximate surface area is 197 Å². The molecule has 0 unspecified atom stereocenters. The predicted octanol–water partition coefficient (Wildman–Crippen LogP) is 7.45. The summed E-state index contributed by atoms with van der Waals surface area (Å²) in [6, 6.07) is 0. The van der Waals surface area contributed by atoms with Gasteiger partial charge < -0.3 is 4.74 Å². The number of carbonyl (C=O) groups excluding carboxylic acids is 1. The molecule has 1 saturated heterocycles. The van der Waals surface area contributed by atoms with Crippen LogP contribution in [-0.2, 0) is 9.53 Å². The predicted molar refractivity (Wildman–Crippen MR) is 129 cm³/mol. The van der Waals surface area contributed by atoms with Crippen molar-refractivity contribution in [3.05, 3.63) is 0 Å². The summed E-state index contributed by atoms with van der Waals surface area (Å²) in [4.78, 5) is 12.9. The van der Waals surface area contributed by atoms with Crippen LogP contribution in [0.1, 0.15) is 113 Å². The molecule has 0 aromatic carbocycles. The summed E-state index contributed by atoms with van der Waals surface area (Å²) in [6.07, 6.45) is 13.3. The molecule has 0 spiro atoms. The van der Waals surface area contributed by atoms with Crippen molar-refractivity contribution < 1.29 is 9.53 Å². The van der Waals surface area contributed by atoms with Crippen molar-refractivity contribution in [2.24, 2.45) is 56.2 Å². The summed E-state index contributed by atoms with van der Waals surface area (Å²) in [7, 11) is 0. The fourth-order valence-corrected chi connectivity index (χ4v) is 11.8. The van der Waals surface area contributed by atoms with Crippen molar-refractivity contribution in [1.82, 2.24) is 0 Å². The second-order valence-corrected chi connectivity index (χ2v) is 15.4. The lowest BCUT2D eigenvalue weighted by Gasteiger charge is -2.72. The maximum Gasteiger partial charge on any atom is 0.138 e. The van der Waals surface area contributed by atoms with Gasteiger partial charge in [-0.05, 0) is 109 Å². The van der Waals surface area contributed by atoms with Crippen LogP contribution in [0.4, 0.5) is 0 Å². The number of Topliss-reactive ketones (excluding diaryl/α,β-unsaturated/α-hetero) is 1. The minimum Gasteiger partial charge on any atom is -0.377 e. The summed E-state index contributed by atoms with van der Waals surface area (Å²) in [6.45, 7) is 18.6. The highest BCUT2D eigenvalue weighted by Gasteiger charge is 2.72. The van der Waals surface area contributed by atoms with Crippen LogP contribution in [0.3, 0.4) is 0 Å². The molecule has 1 aliphatic heterocycles. The molecule has 9 atom stereocenters. The molecule has 6 rings (SSSR count). The Hall–Kier alpha value is -0.370. The van der Waals surface area contributed by atoms with E-state index in [1.165, 1.54) is 51.4 Å². The van der Waals surface area contributed by atoms with E-state index in [2.05, 4.69) is 48.5 Å². The third-order valence-corrected chi connectivity index (χ3v) is 13.9. The van der Waals surface area contributed by atoms with E-state index < -0.39 is 0 Å². The number of hydrogen-bond donors (Lipinski definition) is 0. The van der Waals surface area contributed by atoms with Crippen LogP contribution in [-0.4, -0.2) is 18.5 Å². The Morgan fingerprint density at radius 3 is 2.22 bits per heavy atom. The van der Waals surface area contributed by atoms with E-state index in [1.54, 1.807) is 0 Å². The quantitative estimate of drug-likeness (QED) is 0.391. The molecule has 5 saturated carbocycles. The fourth-order valence-electron chi connectivity index (χ4n) is 11.8. The fraction of sp³-hybridized carbons (Fsp3) is 0.967. The molecule has 0 N–H and O–H groups in total. The molecule has 6 fully saturated rings. The number of rotatable bonds is 0. The number of carbonyl (C=O) groups is 1. The smallest absolute Gasteiger partial charge is 0.138 e. The van der Waals surface area contributed by atoms with Gasteiger partial charge in [-0.3, -0.25) is 4.79 Å². The van der Waals surface area contributed by atoms with E-state index in [1.807, 2.05) is 0 Å². The van der Waals surface area contributed by atoms with Crippen LogP contribution in [0, 0.1) is 56.2 Å². The second-order valence-electron chi connectivity index (χ2n) is 15.4. The molecule has 0 aromatic rings. The lowest BCUT2D eigenvalue weighted by atomic mass is 9.31. The minimum atomic E-state index is -0.136. The van der Waals surface area contributed by atoms with Gasteiger partial charge in [0.1, 0.15) is 5.78 Å². The van der Waals surface area contributed by atoms with E-state index in [0.717, 1.165) is 37.2 Å². The van der Waals surface area contributed by atoms with Gasteiger partial charge in [-0.1, -0.05) is 48.5 Å². The third-order valence-electron chi connectivity index (χ3n) is 13.9. The molecular formula is C30H48O2. The normalized spacial score (nSPS) is 57.7. The average molecular weight is 441 g/mol. The Morgan fingerprint density at radius 2 is 1.47 bits per heavy atom. The summed E-state index contributed by atoms with van der Waals surface area (Å²) in [5, 5.41) is 0. The molecule has 2 heteroatoms. The zero-order chi connectivity index (χ0) is 22.9. The lowest BCUT2D eigenvalue weighted by Crippen LogP contribution is -2.67. The minimum absolute atomic E-state index is 0.136. The first-order valence-electron chi connectivity index (χ1n) is 14.0. The molecular weight excluding hydrogens is 392 g/mol. The number of fused-ring (bicyclic) bond motifs is 5. The highest BCUT2D eigenvalue weighted by molar-refractivity contribution is 5.85. The van der Waals surface area contributed by atoms with Crippen LogP contribution in [0.5, 0.6) is 0 Å². The van der Waals surface area contributed by atoms with E-state index in [4.69, 9.17) is 4.74 Å². The molecule has 6 aliphatic rings. The number of ketones is 1. The van der Waals surface area contributed by atoms with Crippen LogP contribution in [0.15, 0.2) is 0 Å². The van der Waals surface area contributed by atoms with Crippen molar-refractivity contribution in [3.8, 4) is 0 Å². The van der Waals surface area contributed by atoms with E-state index in [0.29, 0.717) is 44.9 Å². The van der Waals surface area contributed by atoms with Gasteiger partial charge in [0, 0.05) is 11.8 Å². The van der Waals surface area contributed by atoms with E-state index >= 15 is 0 Å². The standard InChI is InChI=1S/C30H48O2/c1-25(2)14-16-30-17-15-28(6)19(23(30)24(25)32-18-30)8-9-21-27(5)12-11-22(31)26(3,4)20(27)10-13-29(21,28)7/h19-21,23-24H,8-18H2,1-7H3/t19-,20-,21-,23-,24-,27+,28-,29-,30-/m1/s1. The average Bonchev–Trinajstić information content (AvgIpc) is 3.05. The van der Waals surface area contributed by atoms with Crippen LogP contribution in [0.2, 0.25) is 0 Å². The second kappa shape index (κ2) is 6.24. The van der Waals surface area contributed by atoms with Crippen LogP contribution in [0.25, 0.3) is 0 Å². The molecule has 2 bridgehead atoms. The Balaban J connectivity index is 1.40. The Kier molecular flexibility index (Phi) is 4.31. The van der Waals surface area contributed by atoms with Crippen molar-refractivity contribution in [1.29, 1.82) is 0 Å². The largest absolute Gasteiger partial charge is 0.377 e. The Bertz CT molecular complexity index is 842. The van der Waals surface area contributed by atoms with Gasteiger partial charge in [0.15, 0.2) is 0 Å². The first kappa shape index (κ1) is 22.1. The molecule has 1 heterocycles. The molecule has 32 heavy (non-hydrogen) atoms. The van der Waals surface area contributed by atoms with E-state index in [9.17, 15) is 4.79 Å². The lowest BCUT2D eigenvalue weighted by molar-refractivity contribution is -0.239. The van der Waals surface area contributed by atoms with Gasteiger partial charge in [-0.25, -0.2) is 0 Å². The number of ether oxygens (including phenoxy) is 1. The highest BCUT2D eigenvalue weighted by Crippen LogP contribution is 2.77. The first-order chi connectivity index (χ1) is 14.8. The summed E-state index contributed by atoms with van der Waals surface area (Å²) < 4.78 is 6.70. The van der Waals surface area contributed by atoms with Gasteiger partial charge in [0.2, 0.25) is 0 Å². The zero-order valence-corrected chi connectivity index (χ0v) is 22.0. The van der Waals surface area contributed by atoms with Gasteiger partial charge in [0.05, 0.1) is 12.7 Å². The zero-order valence-electron chi connectivity index (χ0n) is 22.0. The molecule has 0 radical (unpaired) electrons. The van der Waals surface area contributed by atoms with Gasteiger partial charge in [-0.2, -0.15) is 0 Å². The first-order valence-corrected chi connectivity index (χ1v) is 14.0. The van der Waals surface area contributed by atoms with Crippen molar-refractivity contribution in [2.75, 3.05) is 6.61 Å². The molecule has 2 nitrogen and oxygen atoms in total. The summed E-state index contributed by atoms with van der Waals surface area (Å²) >= 11 is 0. The van der Waals surface area contributed by atoms with Crippen LogP contribution >= 0.6 is 0 Å². The monoisotopic (exact) mass is 440 g/mol. The molecule has 180 valence electrons. The van der Waals surface area contributed by atoms with Crippen LogP contribution < -0.4 is 0 Å². The maximum atomic E-state index is 12.9. The molecule has 0 amide bonds. The van der Waals surface area contributed by atoms with Crippen molar-refractivity contribution >= 4 is 5.78 Å². The van der Waals surface area contributed by atoms with Gasteiger partial charge >= 0.3 is 0 Å². The summed E-state index contributed by atoms with van der Waals surface area (Å²) in [5.74, 6) is 3.46. The van der Waals surface area contributed by atoms with Crippen molar-refractivity contribution in [2.45, 2.75) is 119 Å². The highest BCUT2D eigenvalue weighted by atomic mass is 16.5. The summed E-state index contributed by atoms with van der Waals surface area (Å²) in [5.41, 5.74) is 1.83. The molecule has 0 aromatic heterocycles. The molecule has 5 aliphatic carbocycles. The topological polar surface area (TPSA) is 26.3 Å². The maximum absolute atomic E-state index is 12.9. The number of hydrogen-bond acceptors (Lipinski definition) is 2. The van der Waals surface area contributed by atoms with E-state index in [-0.39, 0.29) is 5.41 Å². The third kappa shape index (κ3) is 2.35. The van der Waals surface area contributed by atoms with Gasteiger partial charge in [-0.15, -0.1) is 0 Å². The SMILES string of the molecule is CC1(C)CC[C@]23CC[C@]4(C)[C@H](CC[C@@H]5[C@@]6(C)CCC(=O)C(C)(C)[C@H]6CC[C@]54C)[C@@H]2[C@H]1OC3. The van der Waals surface area contributed by atoms with Crippen molar-refractivity contribution in [3.63, 3.8) is 0 Å². The van der Waals surface area contributed by atoms with Gasteiger partial charge in [0.25, 0.3) is 0 Å².